The standard InChI is InChI=1S/C13H13BrO2/c1-2-11-6-7-12(16-11)13(15)9-4-3-5-10(14)8-9/h3-8,13,15H,2H2,1H3. The van der Waals surface area contributed by atoms with Crippen molar-refractivity contribution in [3.8, 4) is 0 Å². The van der Waals surface area contributed by atoms with Crippen LogP contribution in [0.2, 0.25) is 0 Å². The van der Waals surface area contributed by atoms with Crippen LogP contribution in [-0.2, 0) is 6.42 Å². The molecular weight excluding hydrogens is 268 g/mol. The second kappa shape index (κ2) is 4.85. The summed E-state index contributed by atoms with van der Waals surface area (Å²) in [5.74, 6) is 1.49. The largest absolute Gasteiger partial charge is 0.463 e. The zero-order chi connectivity index (χ0) is 11.5. The Labute approximate surface area is 103 Å². The third kappa shape index (κ3) is 2.36. The molecule has 2 aromatic rings. The first kappa shape index (κ1) is 11.4. The quantitative estimate of drug-likeness (QED) is 0.930. The molecule has 0 spiro atoms. The molecule has 2 nitrogen and oxygen atoms in total. The van der Waals surface area contributed by atoms with Crippen molar-refractivity contribution in [1.82, 2.24) is 0 Å². The molecule has 0 saturated heterocycles. The molecule has 0 radical (unpaired) electrons. The maximum atomic E-state index is 10.1. The van der Waals surface area contributed by atoms with Crippen LogP contribution in [0.4, 0.5) is 0 Å². The van der Waals surface area contributed by atoms with Gasteiger partial charge in [0.1, 0.15) is 17.6 Å². The second-order valence-electron chi connectivity index (χ2n) is 3.62. The van der Waals surface area contributed by atoms with E-state index in [1.165, 1.54) is 0 Å². The number of aryl methyl sites for hydroxylation is 1. The number of furan rings is 1. The van der Waals surface area contributed by atoms with E-state index in [9.17, 15) is 5.11 Å². The van der Waals surface area contributed by atoms with Gasteiger partial charge in [-0.15, -0.1) is 0 Å². The number of halogens is 1. The molecule has 0 fully saturated rings. The van der Waals surface area contributed by atoms with Crippen molar-refractivity contribution in [2.45, 2.75) is 19.4 Å². The molecule has 0 aliphatic carbocycles. The minimum absolute atomic E-state index is 0.593. The molecule has 16 heavy (non-hydrogen) atoms. The normalized spacial score (nSPS) is 12.7. The molecule has 84 valence electrons. The van der Waals surface area contributed by atoms with Crippen LogP contribution in [0.1, 0.15) is 30.1 Å². The van der Waals surface area contributed by atoms with Crippen molar-refractivity contribution < 1.29 is 9.52 Å². The molecule has 0 saturated carbocycles. The van der Waals surface area contributed by atoms with Crippen LogP contribution in [-0.4, -0.2) is 5.11 Å². The molecule has 1 heterocycles. The third-order valence-electron chi connectivity index (χ3n) is 2.46. The van der Waals surface area contributed by atoms with Crippen LogP contribution in [0, 0.1) is 0 Å². The fourth-order valence-corrected chi connectivity index (χ4v) is 1.99. The summed E-state index contributed by atoms with van der Waals surface area (Å²) in [6.07, 6.45) is 0.142. The van der Waals surface area contributed by atoms with Crippen molar-refractivity contribution in [2.24, 2.45) is 0 Å². The van der Waals surface area contributed by atoms with Gasteiger partial charge in [-0.25, -0.2) is 0 Å². The number of aliphatic hydroxyl groups is 1. The number of benzene rings is 1. The summed E-state index contributed by atoms with van der Waals surface area (Å²) >= 11 is 3.38. The summed E-state index contributed by atoms with van der Waals surface area (Å²) in [6.45, 7) is 2.02. The average Bonchev–Trinajstić information content (AvgIpc) is 2.76. The van der Waals surface area contributed by atoms with E-state index in [1.807, 2.05) is 43.3 Å². The topological polar surface area (TPSA) is 33.4 Å². The lowest BCUT2D eigenvalue weighted by atomic mass is 10.1. The molecule has 3 heteroatoms. The van der Waals surface area contributed by atoms with E-state index in [1.54, 1.807) is 0 Å². The van der Waals surface area contributed by atoms with Crippen molar-refractivity contribution >= 4 is 15.9 Å². The molecule has 1 unspecified atom stereocenters. The Morgan fingerprint density at radius 1 is 1.31 bits per heavy atom. The molecule has 0 bridgehead atoms. The molecule has 0 aliphatic rings. The number of rotatable bonds is 3. The van der Waals surface area contributed by atoms with Gasteiger partial charge in [0, 0.05) is 10.9 Å². The van der Waals surface area contributed by atoms with Gasteiger partial charge in [0.15, 0.2) is 0 Å². The maximum Gasteiger partial charge on any atom is 0.137 e. The summed E-state index contributed by atoms with van der Waals surface area (Å²) in [7, 11) is 0. The van der Waals surface area contributed by atoms with Crippen molar-refractivity contribution in [3.63, 3.8) is 0 Å². The lowest BCUT2D eigenvalue weighted by Crippen LogP contribution is -1.97. The second-order valence-corrected chi connectivity index (χ2v) is 4.53. The van der Waals surface area contributed by atoms with E-state index >= 15 is 0 Å². The fraction of sp³-hybridized carbons (Fsp3) is 0.231. The molecule has 1 aromatic carbocycles. The van der Waals surface area contributed by atoms with Crippen LogP contribution >= 0.6 is 15.9 Å². The predicted octanol–water partition coefficient (Wildman–Crippen LogP) is 3.69. The van der Waals surface area contributed by atoms with E-state index in [4.69, 9.17) is 4.42 Å². The summed E-state index contributed by atoms with van der Waals surface area (Å²) < 4.78 is 6.47. The molecule has 1 aromatic heterocycles. The first-order valence-corrected chi connectivity index (χ1v) is 6.02. The van der Waals surface area contributed by atoms with Gasteiger partial charge >= 0.3 is 0 Å². The zero-order valence-electron chi connectivity index (χ0n) is 8.98. The van der Waals surface area contributed by atoms with E-state index in [0.717, 1.165) is 22.2 Å². The predicted molar refractivity (Wildman–Crippen MR) is 66.3 cm³/mol. The maximum absolute atomic E-state index is 10.1. The van der Waals surface area contributed by atoms with E-state index in [-0.39, 0.29) is 0 Å². The summed E-state index contributed by atoms with van der Waals surface area (Å²) in [5, 5.41) is 10.1. The molecule has 1 atom stereocenters. The SMILES string of the molecule is CCc1ccc(C(O)c2cccc(Br)c2)o1. The first-order chi connectivity index (χ1) is 7.70. The van der Waals surface area contributed by atoms with Gasteiger partial charge < -0.3 is 9.52 Å². The highest BCUT2D eigenvalue weighted by Crippen LogP contribution is 2.25. The van der Waals surface area contributed by atoms with Gasteiger partial charge in [-0.2, -0.15) is 0 Å². The average molecular weight is 281 g/mol. The molecule has 0 aliphatic heterocycles. The van der Waals surface area contributed by atoms with Gasteiger partial charge in [-0.05, 0) is 29.8 Å². The van der Waals surface area contributed by atoms with Gasteiger partial charge in [0.25, 0.3) is 0 Å². The lowest BCUT2D eigenvalue weighted by molar-refractivity contribution is 0.187. The smallest absolute Gasteiger partial charge is 0.137 e. The third-order valence-corrected chi connectivity index (χ3v) is 2.96. The molecular formula is C13H13BrO2. The Morgan fingerprint density at radius 2 is 2.12 bits per heavy atom. The summed E-state index contributed by atoms with van der Waals surface area (Å²) in [4.78, 5) is 0. The zero-order valence-corrected chi connectivity index (χ0v) is 10.6. The Morgan fingerprint density at radius 3 is 2.75 bits per heavy atom. The summed E-state index contributed by atoms with van der Waals surface area (Å²) in [6, 6.07) is 11.3. The summed E-state index contributed by atoms with van der Waals surface area (Å²) in [5.41, 5.74) is 0.825. The molecule has 0 amide bonds. The van der Waals surface area contributed by atoms with Gasteiger partial charge in [-0.1, -0.05) is 35.0 Å². The number of aliphatic hydroxyl groups excluding tert-OH is 1. The van der Waals surface area contributed by atoms with Crippen molar-refractivity contribution in [3.05, 3.63) is 58.0 Å². The molecule has 2 rings (SSSR count). The monoisotopic (exact) mass is 280 g/mol. The van der Waals surface area contributed by atoms with Gasteiger partial charge in [-0.3, -0.25) is 0 Å². The lowest BCUT2D eigenvalue weighted by Gasteiger charge is -2.08. The Balaban J connectivity index is 2.27. The van der Waals surface area contributed by atoms with Crippen molar-refractivity contribution in [1.29, 1.82) is 0 Å². The number of hydrogen-bond acceptors (Lipinski definition) is 2. The van der Waals surface area contributed by atoms with E-state index < -0.39 is 6.10 Å². The highest BCUT2D eigenvalue weighted by Gasteiger charge is 2.14. The van der Waals surface area contributed by atoms with Gasteiger partial charge in [0.05, 0.1) is 0 Å². The van der Waals surface area contributed by atoms with Crippen LogP contribution in [0.15, 0.2) is 45.3 Å². The highest BCUT2D eigenvalue weighted by atomic mass is 79.9. The minimum Gasteiger partial charge on any atom is -0.463 e. The fourth-order valence-electron chi connectivity index (χ4n) is 1.57. The first-order valence-electron chi connectivity index (χ1n) is 5.23. The van der Waals surface area contributed by atoms with Crippen LogP contribution in [0.25, 0.3) is 0 Å². The Bertz CT molecular complexity index is 476. The van der Waals surface area contributed by atoms with Gasteiger partial charge in [0.2, 0.25) is 0 Å². The highest BCUT2D eigenvalue weighted by molar-refractivity contribution is 9.10. The van der Waals surface area contributed by atoms with Crippen molar-refractivity contribution in [2.75, 3.05) is 0 Å². The Hall–Kier alpha value is -1.06. The minimum atomic E-state index is -0.696. The number of hydrogen-bond donors (Lipinski definition) is 1. The Kier molecular flexibility index (Phi) is 3.46. The van der Waals surface area contributed by atoms with Crippen LogP contribution < -0.4 is 0 Å². The molecule has 1 N–H and O–H groups in total. The van der Waals surface area contributed by atoms with Crippen LogP contribution in [0.5, 0.6) is 0 Å². The van der Waals surface area contributed by atoms with Crippen LogP contribution in [0.3, 0.4) is 0 Å². The van der Waals surface area contributed by atoms with E-state index in [2.05, 4.69) is 15.9 Å². The van der Waals surface area contributed by atoms with E-state index in [0.29, 0.717) is 5.76 Å².